The van der Waals surface area contributed by atoms with Gasteiger partial charge in [-0.3, -0.25) is 19.6 Å². The van der Waals surface area contributed by atoms with Crippen LogP contribution in [-0.4, -0.2) is 77.1 Å². The normalized spacial score (nSPS) is 23.3. The van der Waals surface area contributed by atoms with Crippen LogP contribution in [0.5, 0.6) is 5.75 Å². The van der Waals surface area contributed by atoms with Crippen molar-refractivity contribution in [2.24, 2.45) is 5.92 Å². The number of pyridine rings is 1. The van der Waals surface area contributed by atoms with E-state index in [1.165, 1.54) is 5.56 Å². The zero-order valence-corrected chi connectivity index (χ0v) is 21.1. The van der Waals surface area contributed by atoms with Gasteiger partial charge in [-0.2, -0.15) is 0 Å². The molecule has 188 valence electrons. The van der Waals surface area contributed by atoms with E-state index in [0.717, 1.165) is 69.1 Å². The number of rotatable bonds is 5. The van der Waals surface area contributed by atoms with Crippen LogP contribution >= 0.6 is 0 Å². The molecule has 0 saturated carbocycles. The van der Waals surface area contributed by atoms with Gasteiger partial charge < -0.3 is 14.4 Å². The molecule has 2 fully saturated rings. The van der Waals surface area contributed by atoms with E-state index in [1.807, 2.05) is 17.2 Å². The molecule has 1 unspecified atom stereocenters. The molecule has 7 nitrogen and oxygen atoms in total. The minimum absolute atomic E-state index is 0.0332. The van der Waals surface area contributed by atoms with Crippen molar-refractivity contribution in [3.63, 3.8) is 0 Å². The highest BCUT2D eigenvalue weighted by atomic mass is 16.5. The highest BCUT2D eigenvalue weighted by Crippen LogP contribution is 2.32. The molecule has 5 rings (SSSR count). The summed E-state index contributed by atoms with van der Waals surface area (Å²) in [5, 5.41) is 0. The van der Waals surface area contributed by atoms with Crippen LogP contribution in [0, 0.1) is 5.92 Å². The molecular weight excluding hydrogens is 440 g/mol. The Morgan fingerprint density at radius 1 is 1.03 bits per heavy atom. The molecule has 4 heterocycles. The number of carbonyl (C=O) groups excluding carboxylic acids is 1. The van der Waals surface area contributed by atoms with Gasteiger partial charge in [-0.15, -0.1) is 0 Å². The van der Waals surface area contributed by atoms with Crippen molar-refractivity contribution in [2.45, 2.75) is 51.9 Å². The molecule has 0 aliphatic carbocycles. The average Bonchev–Trinajstić information content (AvgIpc) is 3.07. The van der Waals surface area contributed by atoms with Crippen molar-refractivity contribution >= 4 is 5.91 Å². The zero-order valence-electron chi connectivity index (χ0n) is 21.1. The summed E-state index contributed by atoms with van der Waals surface area (Å²) in [5.74, 6) is 1.19. The lowest BCUT2D eigenvalue weighted by Crippen LogP contribution is -2.45. The van der Waals surface area contributed by atoms with Crippen LogP contribution in [0.3, 0.4) is 0 Å². The van der Waals surface area contributed by atoms with Crippen molar-refractivity contribution in [1.29, 1.82) is 0 Å². The molecule has 3 aliphatic rings. The second-order valence-corrected chi connectivity index (χ2v) is 10.7. The SMILES string of the molecule is CC1(C)CC(C(=O)N2CCOc3ccc(CN4CCN(Cc5ccccn5)CC4)cc3C2)CCO1. The first-order valence-electron chi connectivity index (χ1n) is 13.0. The van der Waals surface area contributed by atoms with Gasteiger partial charge >= 0.3 is 0 Å². The van der Waals surface area contributed by atoms with E-state index >= 15 is 0 Å². The quantitative estimate of drug-likeness (QED) is 0.657. The van der Waals surface area contributed by atoms with Gasteiger partial charge in [-0.25, -0.2) is 0 Å². The van der Waals surface area contributed by atoms with Crippen molar-refractivity contribution in [2.75, 3.05) is 45.9 Å². The molecule has 7 heteroatoms. The van der Waals surface area contributed by atoms with E-state index < -0.39 is 0 Å². The van der Waals surface area contributed by atoms with Crippen LogP contribution in [0.4, 0.5) is 0 Å². The van der Waals surface area contributed by atoms with Crippen LogP contribution in [-0.2, 0) is 29.2 Å². The van der Waals surface area contributed by atoms with Crippen LogP contribution < -0.4 is 4.74 Å². The van der Waals surface area contributed by atoms with Gasteiger partial charge in [0.2, 0.25) is 5.91 Å². The Morgan fingerprint density at radius 3 is 2.57 bits per heavy atom. The van der Waals surface area contributed by atoms with E-state index in [4.69, 9.17) is 9.47 Å². The van der Waals surface area contributed by atoms with Gasteiger partial charge in [-0.05, 0) is 56.5 Å². The van der Waals surface area contributed by atoms with Gasteiger partial charge in [0.25, 0.3) is 0 Å². The minimum atomic E-state index is -0.229. The number of fused-ring (bicyclic) bond motifs is 1. The first kappa shape index (κ1) is 24.2. The van der Waals surface area contributed by atoms with Crippen LogP contribution in [0.1, 0.15) is 43.5 Å². The summed E-state index contributed by atoms with van der Waals surface area (Å²) in [6.45, 7) is 12.7. The third-order valence-corrected chi connectivity index (χ3v) is 7.45. The molecular formula is C28H38N4O3. The molecule has 2 saturated heterocycles. The summed E-state index contributed by atoms with van der Waals surface area (Å²) < 4.78 is 11.9. The molecule has 0 radical (unpaired) electrons. The summed E-state index contributed by atoms with van der Waals surface area (Å²) in [7, 11) is 0. The summed E-state index contributed by atoms with van der Waals surface area (Å²) in [6, 6.07) is 12.6. The van der Waals surface area contributed by atoms with E-state index in [2.05, 4.69) is 59.0 Å². The number of hydrogen-bond donors (Lipinski definition) is 0. The molecule has 0 N–H and O–H groups in total. The molecule has 1 atom stereocenters. The first-order chi connectivity index (χ1) is 16.9. The lowest BCUT2D eigenvalue weighted by atomic mass is 9.87. The Hall–Kier alpha value is -2.48. The van der Waals surface area contributed by atoms with Gasteiger partial charge in [0.15, 0.2) is 0 Å². The Bertz CT molecular complexity index is 1000. The third kappa shape index (κ3) is 6.21. The smallest absolute Gasteiger partial charge is 0.226 e. The Morgan fingerprint density at radius 2 is 1.83 bits per heavy atom. The summed E-state index contributed by atoms with van der Waals surface area (Å²) in [5.41, 5.74) is 3.31. The zero-order chi connectivity index (χ0) is 24.3. The Balaban J connectivity index is 1.18. The molecule has 3 aliphatic heterocycles. The fourth-order valence-corrected chi connectivity index (χ4v) is 5.52. The monoisotopic (exact) mass is 478 g/mol. The predicted molar refractivity (Wildman–Crippen MR) is 135 cm³/mol. The fraction of sp³-hybridized carbons (Fsp3) is 0.571. The maximum absolute atomic E-state index is 13.4. The first-order valence-corrected chi connectivity index (χ1v) is 13.0. The number of amides is 1. The largest absolute Gasteiger partial charge is 0.491 e. The highest BCUT2D eigenvalue weighted by Gasteiger charge is 2.35. The van der Waals surface area contributed by atoms with E-state index in [0.29, 0.717) is 26.3 Å². The third-order valence-electron chi connectivity index (χ3n) is 7.45. The molecule has 0 spiro atoms. The van der Waals surface area contributed by atoms with E-state index in [1.54, 1.807) is 0 Å². The lowest BCUT2D eigenvalue weighted by Gasteiger charge is -2.36. The van der Waals surface area contributed by atoms with Gasteiger partial charge in [-0.1, -0.05) is 12.1 Å². The predicted octanol–water partition coefficient (Wildman–Crippen LogP) is 3.33. The molecule has 1 aromatic carbocycles. The second kappa shape index (κ2) is 10.6. The van der Waals surface area contributed by atoms with Crippen LogP contribution in [0.2, 0.25) is 0 Å². The number of piperazine rings is 1. The lowest BCUT2D eigenvalue weighted by molar-refractivity contribution is -0.146. The van der Waals surface area contributed by atoms with Crippen LogP contribution in [0.15, 0.2) is 42.6 Å². The van der Waals surface area contributed by atoms with Crippen molar-refractivity contribution < 1.29 is 14.3 Å². The van der Waals surface area contributed by atoms with E-state index in [9.17, 15) is 4.79 Å². The minimum Gasteiger partial charge on any atom is -0.491 e. The fourth-order valence-electron chi connectivity index (χ4n) is 5.52. The van der Waals surface area contributed by atoms with Gasteiger partial charge in [0.1, 0.15) is 12.4 Å². The standard InChI is InChI=1S/C28H38N4O3/c1-28(2)18-23(8-15-35-28)27(33)32-14-16-34-26-7-6-22(17-24(26)20-32)19-30-10-12-31(13-11-30)21-25-5-3-4-9-29-25/h3-7,9,17,23H,8,10-16,18-21H2,1-2H3. The highest BCUT2D eigenvalue weighted by molar-refractivity contribution is 5.79. The van der Waals surface area contributed by atoms with Crippen molar-refractivity contribution in [1.82, 2.24) is 19.7 Å². The number of benzene rings is 1. The molecule has 35 heavy (non-hydrogen) atoms. The topological polar surface area (TPSA) is 58.1 Å². The molecule has 1 amide bonds. The van der Waals surface area contributed by atoms with Gasteiger partial charge in [0.05, 0.1) is 17.8 Å². The maximum atomic E-state index is 13.4. The Kier molecular flexibility index (Phi) is 7.37. The number of nitrogens with zero attached hydrogens (tertiary/aromatic N) is 4. The maximum Gasteiger partial charge on any atom is 0.226 e. The molecule has 1 aromatic heterocycles. The Labute approximate surface area is 209 Å². The summed E-state index contributed by atoms with van der Waals surface area (Å²) >= 11 is 0. The second-order valence-electron chi connectivity index (χ2n) is 10.7. The van der Waals surface area contributed by atoms with E-state index in [-0.39, 0.29) is 17.4 Å². The number of hydrogen-bond acceptors (Lipinski definition) is 6. The van der Waals surface area contributed by atoms with Crippen molar-refractivity contribution in [3.05, 3.63) is 59.4 Å². The number of carbonyl (C=O) groups is 1. The number of aromatic nitrogens is 1. The van der Waals surface area contributed by atoms with Gasteiger partial charge in [0, 0.05) is 70.1 Å². The average molecular weight is 479 g/mol. The molecule has 0 bridgehead atoms. The summed E-state index contributed by atoms with van der Waals surface area (Å²) in [6.07, 6.45) is 3.45. The number of ether oxygens (including phenoxy) is 2. The van der Waals surface area contributed by atoms with Crippen LogP contribution in [0.25, 0.3) is 0 Å². The molecule has 2 aromatic rings. The van der Waals surface area contributed by atoms with Crippen molar-refractivity contribution in [3.8, 4) is 5.75 Å². The summed E-state index contributed by atoms with van der Waals surface area (Å²) in [4.78, 5) is 24.8.